The molecule has 110 valence electrons. The second kappa shape index (κ2) is 6.39. The van der Waals surface area contributed by atoms with Gasteiger partial charge in [-0.1, -0.05) is 26.0 Å². The Morgan fingerprint density at radius 1 is 1.24 bits per heavy atom. The number of aryl methyl sites for hydroxylation is 1. The van der Waals surface area contributed by atoms with Gasteiger partial charge in [-0.2, -0.15) is 0 Å². The number of nitrogen functional groups attached to an aromatic ring is 1. The summed E-state index contributed by atoms with van der Waals surface area (Å²) in [7, 11) is 0. The molecule has 1 aromatic carbocycles. The first-order valence-electron chi connectivity index (χ1n) is 7.07. The number of carbonyl (C=O) groups excluding carboxylic acids is 1. The van der Waals surface area contributed by atoms with Gasteiger partial charge >= 0.3 is 0 Å². The van der Waals surface area contributed by atoms with Gasteiger partial charge in [0.05, 0.1) is 11.7 Å². The van der Waals surface area contributed by atoms with Gasteiger partial charge in [0.1, 0.15) is 0 Å². The Labute approximate surface area is 125 Å². The van der Waals surface area contributed by atoms with E-state index < -0.39 is 0 Å². The first kappa shape index (κ1) is 15.0. The summed E-state index contributed by atoms with van der Waals surface area (Å²) in [6.45, 7) is 6.14. The van der Waals surface area contributed by atoms with Crippen molar-refractivity contribution < 1.29 is 4.79 Å². The van der Waals surface area contributed by atoms with Crippen LogP contribution in [0.1, 0.15) is 41.5 Å². The number of aromatic nitrogens is 1. The Bertz CT molecular complexity index is 637. The minimum atomic E-state index is -0.133. The van der Waals surface area contributed by atoms with Crippen LogP contribution in [0.15, 0.2) is 42.6 Å². The molecule has 0 saturated heterocycles. The number of rotatable bonds is 4. The number of amides is 1. The van der Waals surface area contributed by atoms with Gasteiger partial charge in [-0.05, 0) is 42.7 Å². The predicted octanol–water partition coefficient (Wildman–Crippen LogP) is 3.10. The third-order valence-corrected chi connectivity index (χ3v) is 3.45. The van der Waals surface area contributed by atoms with Crippen molar-refractivity contribution in [3.05, 3.63) is 59.4 Å². The van der Waals surface area contributed by atoms with Crippen molar-refractivity contribution in [2.24, 2.45) is 5.92 Å². The zero-order valence-corrected chi connectivity index (χ0v) is 12.6. The second-order valence-corrected chi connectivity index (χ2v) is 5.53. The van der Waals surface area contributed by atoms with E-state index in [1.807, 2.05) is 19.1 Å². The number of benzene rings is 1. The topological polar surface area (TPSA) is 68.0 Å². The molecule has 4 heteroatoms. The fourth-order valence-corrected chi connectivity index (χ4v) is 2.28. The normalized spacial score (nSPS) is 12.2. The molecule has 0 saturated carbocycles. The number of nitrogens with one attached hydrogen (secondary N) is 1. The molecule has 0 aliphatic heterocycles. The molecule has 2 rings (SSSR count). The molecular formula is C17H21N3O. The second-order valence-electron chi connectivity index (χ2n) is 5.53. The van der Waals surface area contributed by atoms with Gasteiger partial charge in [-0.25, -0.2) is 0 Å². The van der Waals surface area contributed by atoms with E-state index in [9.17, 15) is 4.79 Å². The standard InChI is InChI=1S/C17H21N3O/c1-11(2)15(16-12(3)6-5-9-19-16)20-17(21)13-7-4-8-14(18)10-13/h4-11,15H,18H2,1-3H3,(H,20,21). The summed E-state index contributed by atoms with van der Waals surface area (Å²) in [5, 5.41) is 3.06. The summed E-state index contributed by atoms with van der Waals surface area (Å²) in [6.07, 6.45) is 1.75. The molecule has 0 fully saturated rings. The molecule has 21 heavy (non-hydrogen) atoms. The van der Waals surface area contributed by atoms with Crippen LogP contribution >= 0.6 is 0 Å². The molecule has 3 N–H and O–H groups in total. The van der Waals surface area contributed by atoms with Gasteiger partial charge in [-0.3, -0.25) is 9.78 Å². The summed E-state index contributed by atoms with van der Waals surface area (Å²) in [6, 6.07) is 10.8. The lowest BCUT2D eigenvalue weighted by atomic mass is 9.97. The summed E-state index contributed by atoms with van der Waals surface area (Å²) in [5.74, 6) is 0.106. The smallest absolute Gasteiger partial charge is 0.251 e. The summed E-state index contributed by atoms with van der Waals surface area (Å²) in [4.78, 5) is 16.8. The van der Waals surface area contributed by atoms with Crippen molar-refractivity contribution in [3.8, 4) is 0 Å². The van der Waals surface area contributed by atoms with Crippen molar-refractivity contribution in [2.45, 2.75) is 26.8 Å². The van der Waals surface area contributed by atoms with Crippen LogP contribution in [-0.2, 0) is 0 Å². The van der Waals surface area contributed by atoms with Crippen LogP contribution in [0, 0.1) is 12.8 Å². The molecule has 1 unspecified atom stereocenters. The molecule has 0 spiro atoms. The Kier molecular flexibility index (Phi) is 4.58. The van der Waals surface area contributed by atoms with Gasteiger partial charge < -0.3 is 11.1 Å². The van der Waals surface area contributed by atoms with Crippen molar-refractivity contribution in [2.75, 3.05) is 5.73 Å². The van der Waals surface area contributed by atoms with Crippen molar-refractivity contribution in [3.63, 3.8) is 0 Å². The third kappa shape index (κ3) is 3.60. The van der Waals surface area contributed by atoms with Crippen LogP contribution in [0.2, 0.25) is 0 Å². The number of nitrogens with zero attached hydrogens (tertiary/aromatic N) is 1. The fraction of sp³-hybridized carbons (Fsp3) is 0.294. The number of hydrogen-bond donors (Lipinski definition) is 2. The number of carbonyl (C=O) groups is 1. The number of nitrogens with two attached hydrogens (primary N) is 1. The number of anilines is 1. The van der Waals surface area contributed by atoms with E-state index in [-0.39, 0.29) is 17.9 Å². The first-order valence-corrected chi connectivity index (χ1v) is 7.07. The molecule has 4 nitrogen and oxygen atoms in total. The van der Waals surface area contributed by atoms with Gasteiger partial charge in [0.25, 0.3) is 5.91 Å². The zero-order chi connectivity index (χ0) is 15.4. The van der Waals surface area contributed by atoms with Crippen LogP contribution < -0.4 is 11.1 Å². The number of hydrogen-bond acceptors (Lipinski definition) is 3. The molecule has 1 heterocycles. The largest absolute Gasteiger partial charge is 0.399 e. The monoisotopic (exact) mass is 283 g/mol. The van der Waals surface area contributed by atoms with Crippen LogP contribution in [-0.4, -0.2) is 10.9 Å². The first-order chi connectivity index (χ1) is 9.99. The van der Waals surface area contributed by atoms with Crippen molar-refractivity contribution in [1.29, 1.82) is 0 Å². The minimum Gasteiger partial charge on any atom is -0.399 e. The Hall–Kier alpha value is -2.36. The molecule has 0 aliphatic rings. The Morgan fingerprint density at radius 3 is 2.62 bits per heavy atom. The van der Waals surface area contributed by atoms with Crippen molar-refractivity contribution >= 4 is 11.6 Å². The number of pyridine rings is 1. The molecule has 1 atom stereocenters. The molecule has 2 aromatic rings. The van der Waals surface area contributed by atoms with Crippen LogP contribution in [0.4, 0.5) is 5.69 Å². The highest BCUT2D eigenvalue weighted by Gasteiger charge is 2.21. The van der Waals surface area contributed by atoms with E-state index in [0.717, 1.165) is 11.3 Å². The van der Waals surface area contributed by atoms with E-state index in [4.69, 9.17) is 5.73 Å². The highest BCUT2D eigenvalue weighted by Crippen LogP contribution is 2.23. The van der Waals surface area contributed by atoms with E-state index in [0.29, 0.717) is 11.3 Å². The molecule has 0 aliphatic carbocycles. The van der Waals surface area contributed by atoms with Gasteiger partial charge in [0, 0.05) is 17.4 Å². The maximum absolute atomic E-state index is 12.4. The van der Waals surface area contributed by atoms with Gasteiger partial charge in [0.2, 0.25) is 0 Å². The lowest BCUT2D eigenvalue weighted by Crippen LogP contribution is -2.32. The maximum Gasteiger partial charge on any atom is 0.251 e. The highest BCUT2D eigenvalue weighted by atomic mass is 16.1. The van der Waals surface area contributed by atoms with Crippen molar-refractivity contribution in [1.82, 2.24) is 10.3 Å². The Morgan fingerprint density at radius 2 is 2.00 bits per heavy atom. The Balaban J connectivity index is 2.25. The maximum atomic E-state index is 12.4. The summed E-state index contributed by atoms with van der Waals surface area (Å²) < 4.78 is 0. The van der Waals surface area contributed by atoms with Gasteiger partial charge in [-0.15, -0.1) is 0 Å². The summed E-state index contributed by atoms with van der Waals surface area (Å²) >= 11 is 0. The average Bonchev–Trinajstić information content (AvgIpc) is 2.45. The lowest BCUT2D eigenvalue weighted by molar-refractivity contribution is 0.0924. The van der Waals surface area contributed by atoms with E-state index >= 15 is 0 Å². The molecule has 0 radical (unpaired) electrons. The average molecular weight is 283 g/mol. The third-order valence-electron chi connectivity index (χ3n) is 3.45. The molecule has 0 bridgehead atoms. The minimum absolute atomic E-state index is 0.125. The lowest BCUT2D eigenvalue weighted by Gasteiger charge is -2.23. The quantitative estimate of drug-likeness (QED) is 0.847. The summed E-state index contributed by atoms with van der Waals surface area (Å²) in [5.41, 5.74) is 8.86. The van der Waals surface area contributed by atoms with Crippen LogP contribution in [0.5, 0.6) is 0 Å². The molecule has 1 amide bonds. The van der Waals surface area contributed by atoms with Crippen LogP contribution in [0.3, 0.4) is 0 Å². The SMILES string of the molecule is Cc1cccnc1C(NC(=O)c1cccc(N)c1)C(C)C. The predicted molar refractivity (Wildman–Crippen MR) is 84.9 cm³/mol. The van der Waals surface area contributed by atoms with E-state index in [1.165, 1.54) is 0 Å². The molecule has 1 aromatic heterocycles. The zero-order valence-electron chi connectivity index (χ0n) is 12.6. The molecular weight excluding hydrogens is 262 g/mol. The van der Waals surface area contributed by atoms with Gasteiger partial charge in [0.15, 0.2) is 0 Å². The van der Waals surface area contributed by atoms with Crippen LogP contribution in [0.25, 0.3) is 0 Å². The highest BCUT2D eigenvalue weighted by molar-refractivity contribution is 5.95. The van der Waals surface area contributed by atoms with E-state index in [1.54, 1.807) is 30.5 Å². The fourth-order valence-electron chi connectivity index (χ4n) is 2.28. The van der Waals surface area contributed by atoms with E-state index in [2.05, 4.69) is 24.1 Å².